The first kappa shape index (κ1) is 14.9. The first-order valence-corrected chi connectivity index (χ1v) is 6.35. The van der Waals surface area contributed by atoms with Crippen LogP contribution in [0.3, 0.4) is 0 Å². The van der Waals surface area contributed by atoms with Crippen LogP contribution in [0.1, 0.15) is 21.5 Å². The summed E-state index contributed by atoms with van der Waals surface area (Å²) in [5, 5.41) is 8.75. The summed E-state index contributed by atoms with van der Waals surface area (Å²) in [5.74, 6) is -1.69. The Hall–Kier alpha value is -2.53. The molecule has 0 radical (unpaired) electrons. The molecule has 5 heteroatoms. The van der Waals surface area contributed by atoms with E-state index in [1.807, 2.05) is 0 Å². The van der Waals surface area contributed by atoms with Crippen LogP contribution in [0.5, 0.6) is 0 Å². The average molecular weight is 287 g/mol. The fourth-order valence-corrected chi connectivity index (χ4v) is 1.90. The zero-order valence-corrected chi connectivity index (χ0v) is 11.1. The van der Waals surface area contributed by atoms with Gasteiger partial charge in [0, 0.05) is 11.1 Å². The van der Waals surface area contributed by atoms with Crippen LogP contribution in [0, 0.1) is 5.82 Å². The monoisotopic (exact) mass is 287 g/mol. The van der Waals surface area contributed by atoms with Gasteiger partial charge in [0.25, 0.3) is 0 Å². The van der Waals surface area contributed by atoms with Crippen molar-refractivity contribution in [3.63, 3.8) is 0 Å². The first-order valence-electron chi connectivity index (χ1n) is 6.35. The van der Waals surface area contributed by atoms with Crippen LogP contribution in [-0.2, 0) is 11.2 Å². The largest absolute Gasteiger partial charge is 0.480 e. The number of carboxylic acids is 1. The highest BCUT2D eigenvalue weighted by Crippen LogP contribution is 2.13. The van der Waals surface area contributed by atoms with Crippen LogP contribution in [0.4, 0.5) is 4.39 Å². The molecule has 0 aliphatic rings. The molecule has 108 valence electrons. The zero-order valence-electron chi connectivity index (χ0n) is 11.1. The maximum atomic E-state index is 12.8. The van der Waals surface area contributed by atoms with E-state index in [-0.39, 0.29) is 12.2 Å². The van der Waals surface area contributed by atoms with Crippen LogP contribution in [0.25, 0.3) is 0 Å². The molecule has 1 unspecified atom stereocenters. The lowest BCUT2D eigenvalue weighted by Crippen LogP contribution is -2.32. The highest BCUT2D eigenvalue weighted by molar-refractivity contribution is 6.08. The Bertz CT molecular complexity index is 650. The number of benzene rings is 2. The van der Waals surface area contributed by atoms with Gasteiger partial charge in [-0.2, -0.15) is 0 Å². The number of ketones is 1. The summed E-state index contributed by atoms with van der Waals surface area (Å²) >= 11 is 0. The van der Waals surface area contributed by atoms with Gasteiger partial charge in [-0.25, -0.2) is 4.39 Å². The van der Waals surface area contributed by atoms with E-state index in [4.69, 9.17) is 10.8 Å². The van der Waals surface area contributed by atoms with Gasteiger partial charge in [-0.1, -0.05) is 24.3 Å². The molecule has 4 nitrogen and oxygen atoms in total. The van der Waals surface area contributed by atoms with Gasteiger partial charge in [0.2, 0.25) is 0 Å². The second-order valence-electron chi connectivity index (χ2n) is 4.68. The van der Waals surface area contributed by atoms with Crippen LogP contribution >= 0.6 is 0 Å². The summed E-state index contributed by atoms with van der Waals surface area (Å²) in [4.78, 5) is 22.8. The van der Waals surface area contributed by atoms with Gasteiger partial charge in [-0.05, 0) is 36.2 Å². The number of carbonyl (C=O) groups excluding carboxylic acids is 1. The molecule has 21 heavy (non-hydrogen) atoms. The molecular weight excluding hydrogens is 273 g/mol. The standard InChI is InChI=1S/C16H14FNO3/c17-13-7-5-12(6-8-13)15(19)11-3-1-10(2-4-11)9-14(18)16(20)21/h1-8,14H,9,18H2,(H,20,21). The Morgan fingerprint density at radius 3 is 1.95 bits per heavy atom. The Morgan fingerprint density at radius 1 is 1.00 bits per heavy atom. The van der Waals surface area contributed by atoms with Gasteiger partial charge in [0.15, 0.2) is 5.78 Å². The molecule has 0 amide bonds. The van der Waals surface area contributed by atoms with Crippen molar-refractivity contribution < 1.29 is 19.1 Å². The summed E-state index contributed by atoms with van der Waals surface area (Å²) in [7, 11) is 0. The van der Waals surface area contributed by atoms with E-state index in [1.54, 1.807) is 24.3 Å². The molecule has 1 atom stereocenters. The Labute approximate surface area is 121 Å². The van der Waals surface area contributed by atoms with Crippen molar-refractivity contribution in [2.24, 2.45) is 5.73 Å². The van der Waals surface area contributed by atoms with E-state index in [0.29, 0.717) is 11.1 Å². The summed E-state index contributed by atoms with van der Waals surface area (Å²) < 4.78 is 12.8. The number of aliphatic carboxylic acids is 1. The fraction of sp³-hybridized carbons (Fsp3) is 0.125. The number of hydrogen-bond donors (Lipinski definition) is 2. The third-order valence-electron chi connectivity index (χ3n) is 3.10. The molecule has 0 aromatic heterocycles. The lowest BCUT2D eigenvalue weighted by Gasteiger charge is -2.07. The van der Waals surface area contributed by atoms with Crippen LogP contribution in [0.2, 0.25) is 0 Å². The Balaban J connectivity index is 2.13. The topological polar surface area (TPSA) is 80.4 Å². The average Bonchev–Trinajstić information content (AvgIpc) is 2.48. The second-order valence-corrected chi connectivity index (χ2v) is 4.68. The molecular formula is C16H14FNO3. The lowest BCUT2D eigenvalue weighted by molar-refractivity contribution is -0.138. The predicted molar refractivity (Wildman–Crippen MR) is 75.6 cm³/mol. The van der Waals surface area contributed by atoms with E-state index in [1.165, 1.54) is 24.3 Å². The second kappa shape index (κ2) is 6.28. The van der Waals surface area contributed by atoms with Gasteiger partial charge >= 0.3 is 5.97 Å². The minimum atomic E-state index is -1.07. The highest BCUT2D eigenvalue weighted by atomic mass is 19.1. The normalized spacial score (nSPS) is 11.9. The van der Waals surface area contributed by atoms with E-state index in [2.05, 4.69) is 0 Å². The van der Waals surface area contributed by atoms with Gasteiger partial charge in [-0.15, -0.1) is 0 Å². The maximum Gasteiger partial charge on any atom is 0.320 e. The van der Waals surface area contributed by atoms with Crippen molar-refractivity contribution in [3.05, 3.63) is 71.0 Å². The van der Waals surface area contributed by atoms with Crippen LogP contribution in [-0.4, -0.2) is 22.9 Å². The highest BCUT2D eigenvalue weighted by Gasteiger charge is 2.13. The molecule has 0 spiro atoms. The van der Waals surface area contributed by atoms with Gasteiger partial charge < -0.3 is 10.8 Å². The summed E-state index contributed by atoms with van der Waals surface area (Å²) in [6, 6.07) is 10.9. The molecule has 0 aliphatic carbocycles. The van der Waals surface area contributed by atoms with Gasteiger partial charge in [0.05, 0.1) is 0 Å². The summed E-state index contributed by atoms with van der Waals surface area (Å²) in [6.07, 6.45) is 0.195. The molecule has 2 rings (SSSR count). The smallest absolute Gasteiger partial charge is 0.320 e. The first-order chi connectivity index (χ1) is 9.97. The van der Waals surface area contributed by atoms with Crippen molar-refractivity contribution in [3.8, 4) is 0 Å². The van der Waals surface area contributed by atoms with Crippen molar-refractivity contribution in [1.82, 2.24) is 0 Å². The minimum Gasteiger partial charge on any atom is -0.480 e. The molecule has 0 heterocycles. The molecule has 0 fully saturated rings. The third-order valence-corrected chi connectivity index (χ3v) is 3.10. The SMILES string of the molecule is NC(Cc1ccc(C(=O)c2ccc(F)cc2)cc1)C(=O)O. The number of nitrogens with two attached hydrogens (primary N) is 1. The van der Waals surface area contributed by atoms with Crippen LogP contribution in [0.15, 0.2) is 48.5 Å². The molecule has 2 aromatic carbocycles. The molecule has 0 saturated carbocycles. The summed E-state index contributed by atoms with van der Waals surface area (Å²) in [5.41, 5.74) is 7.03. The van der Waals surface area contributed by atoms with E-state index in [9.17, 15) is 14.0 Å². The van der Waals surface area contributed by atoms with Gasteiger partial charge in [0.1, 0.15) is 11.9 Å². The molecule has 3 N–H and O–H groups in total. The minimum absolute atomic E-state index is 0.195. The van der Waals surface area contributed by atoms with E-state index >= 15 is 0 Å². The lowest BCUT2D eigenvalue weighted by atomic mass is 10.00. The third kappa shape index (κ3) is 3.73. The van der Waals surface area contributed by atoms with Crippen molar-refractivity contribution in [1.29, 1.82) is 0 Å². The number of carbonyl (C=O) groups is 2. The Kier molecular flexibility index (Phi) is 4.45. The maximum absolute atomic E-state index is 12.8. The zero-order chi connectivity index (χ0) is 15.4. The number of carboxylic acid groups (broad SMARTS) is 1. The molecule has 0 bridgehead atoms. The Morgan fingerprint density at radius 2 is 1.48 bits per heavy atom. The quantitative estimate of drug-likeness (QED) is 0.824. The van der Waals surface area contributed by atoms with E-state index < -0.39 is 17.8 Å². The summed E-state index contributed by atoms with van der Waals surface area (Å²) in [6.45, 7) is 0. The predicted octanol–water partition coefficient (Wildman–Crippen LogP) is 2.01. The number of rotatable bonds is 5. The van der Waals surface area contributed by atoms with Crippen LogP contribution < -0.4 is 5.73 Å². The van der Waals surface area contributed by atoms with Crippen molar-refractivity contribution in [2.75, 3.05) is 0 Å². The van der Waals surface area contributed by atoms with Gasteiger partial charge in [-0.3, -0.25) is 9.59 Å². The number of halogens is 1. The fourth-order valence-electron chi connectivity index (χ4n) is 1.90. The molecule has 0 aliphatic heterocycles. The van der Waals surface area contributed by atoms with Crippen molar-refractivity contribution in [2.45, 2.75) is 12.5 Å². The number of hydrogen-bond acceptors (Lipinski definition) is 3. The molecule has 2 aromatic rings. The van der Waals surface area contributed by atoms with E-state index in [0.717, 1.165) is 5.56 Å². The molecule has 0 saturated heterocycles. The van der Waals surface area contributed by atoms with Crippen molar-refractivity contribution >= 4 is 11.8 Å².